The normalized spacial score (nSPS) is 24.8. The molecule has 12 heteroatoms. The van der Waals surface area contributed by atoms with Gasteiger partial charge in [0.05, 0.1) is 23.7 Å². The Balaban J connectivity index is 1.68. The van der Waals surface area contributed by atoms with Crippen molar-refractivity contribution in [2.75, 3.05) is 6.61 Å². The van der Waals surface area contributed by atoms with Gasteiger partial charge in [0.25, 0.3) is 0 Å². The summed E-state index contributed by atoms with van der Waals surface area (Å²) in [4.78, 5) is 0. The van der Waals surface area contributed by atoms with Gasteiger partial charge in [0.15, 0.2) is 17.5 Å². The van der Waals surface area contributed by atoms with Gasteiger partial charge in [-0.1, -0.05) is 43.3 Å². The maximum Gasteiger partial charge on any atom is 0.194 e. The SMILES string of the molecule is CC(C)c1ccccc1C(S[C@@H]1O[C@H](CO)[C@H](O)[C@H](n2cc(-c3cc(F)c(F)c(F)c3)nn2)[C@H]1O)C(C)(C)O. The third-order valence-corrected chi connectivity index (χ3v) is 8.52. The Labute approximate surface area is 228 Å². The van der Waals surface area contributed by atoms with E-state index in [4.69, 9.17) is 4.74 Å². The Morgan fingerprint density at radius 2 is 1.67 bits per heavy atom. The largest absolute Gasteiger partial charge is 0.394 e. The molecule has 1 aliphatic heterocycles. The highest BCUT2D eigenvalue weighted by Gasteiger charge is 2.48. The Bertz CT molecular complexity index is 1280. The molecule has 1 fully saturated rings. The number of aliphatic hydroxyl groups is 4. The monoisotopic (exact) mass is 567 g/mol. The van der Waals surface area contributed by atoms with E-state index < -0.39 is 64.7 Å². The van der Waals surface area contributed by atoms with Crippen LogP contribution in [0, 0.1) is 17.5 Å². The molecule has 39 heavy (non-hydrogen) atoms. The zero-order chi connectivity index (χ0) is 28.6. The Morgan fingerprint density at radius 3 is 2.23 bits per heavy atom. The van der Waals surface area contributed by atoms with Crippen molar-refractivity contribution in [2.45, 2.75) is 74.3 Å². The molecule has 1 saturated heterocycles. The molecular formula is C27H32F3N3O5S. The minimum atomic E-state index is -1.62. The van der Waals surface area contributed by atoms with Gasteiger partial charge in [0, 0.05) is 5.56 Å². The van der Waals surface area contributed by atoms with Gasteiger partial charge < -0.3 is 25.2 Å². The predicted octanol–water partition coefficient (Wildman–Crippen LogP) is 3.71. The van der Waals surface area contributed by atoms with E-state index >= 15 is 0 Å². The van der Waals surface area contributed by atoms with Gasteiger partial charge in [-0.05, 0) is 43.0 Å². The summed E-state index contributed by atoms with van der Waals surface area (Å²) in [6.45, 7) is 6.79. The third-order valence-electron chi connectivity index (χ3n) is 6.76. The smallest absolute Gasteiger partial charge is 0.194 e. The molecule has 0 bridgehead atoms. The molecule has 212 valence electrons. The van der Waals surface area contributed by atoms with Gasteiger partial charge in [-0.15, -0.1) is 16.9 Å². The van der Waals surface area contributed by atoms with Crippen LogP contribution in [0.25, 0.3) is 11.3 Å². The Hall–Kier alpha value is -2.48. The molecule has 8 nitrogen and oxygen atoms in total. The maximum atomic E-state index is 13.8. The summed E-state index contributed by atoms with van der Waals surface area (Å²) >= 11 is 1.15. The average Bonchev–Trinajstić information content (AvgIpc) is 3.35. The third kappa shape index (κ3) is 6.01. The van der Waals surface area contributed by atoms with Crippen molar-refractivity contribution in [2.24, 2.45) is 0 Å². The van der Waals surface area contributed by atoms with E-state index in [1.54, 1.807) is 13.8 Å². The Kier molecular flexibility index (Phi) is 8.74. The molecule has 2 aromatic carbocycles. The lowest BCUT2D eigenvalue weighted by Gasteiger charge is -2.44. The highest BCUT2D eigenvalue weighted by atomic mass is 32.2. The lowest BCUT2D eigenvalue weighted by atomic mass is 9.89. The number of thioether (sulfide) groups is 1. The highest BCUT2D eigenvalue weighted by Crippen LogP contribution is 2.47. The van der Waals surface area contributed by atoms with Crippen LogP contribution < -0.4 is 0 Å². The van der Waals surface area contributed by atoms with Gasteiger partial charge in [-0.3, -0.25) is 0 Å². The van der Waals surface area contributed by atoms with Crippen molar-refractivity contribution < 1.29 is 38.3 Å². The first-order chi connectivity index (χ1) is 18.3. The summed E-state index contributed by atoms with van der Waals surface area (Å²) in [5.74, 6) is -4.27. The van der Waals surface area contributed by atoms with Crippen molar-refractivity contribution in [3.8, 4) is 11.3 Å². The second-order valence-electron chi connectivity index (χ2n) is 10.5. The van der Waals surface area contributed by atoms with Crippen LogP contribution in [0.5, 0.6) is 0 Å². The van der Waals surface area contributed by atoms with E-state index in [-0.39, 0.29) is 17.2 Å². The van der Waals surface area contributed by atoms with Crippen LogP contribution in [0.1, 0.15) is 56.0 Å². The summed E-state index contributed by atoms with van der Waals surface area (Å²) in [5, 5.41) is 50.6. The van der Waals surface area contributed by atoms with Gasteiger partial charge in [-0.25, -0.2) is 17.9 Å². The molecule has 3 aromatic rings. The molecular weight excluding hydrogens is 535 g/mol. The summed E-state index contributed by atoms with van der Waals surface area (Å²) in [5.41, 5.74) is -0.532. The minimum absolute atomic E-state index is 0.0244. The van der Waals surface area contributed by atoms with Crippen LogP contribution >= 0.6 is 11.8 Å². The van der Waals surface area contributed by atoms with Gasteiger partial charge in [-0.2, -0.15) is 0 Å². The molecule has 1 aliphatic rings. The molecule has 0 amide bonds. The fraction of sp³-hybridized carbons (Fsp3) is 0.481. The van der Waals surface area contributed by atoms with Crippen LogP contribution in [0.2, 0.25) is 0 Å². The fourth-order valence-corrected chi connectivity index (χ4v) is 6.27. The van der Waals surface area contributed by atoms with Crippen molar-refractivity contribution >= 4 is 11.8 Å². The number of rotatable bonds is 8. The quantitative estimate of drug-likeness (QED) is 0.304. The number of aliphatic hydroxyl groups excluding tert-OH is 3. The van der Waals surface area contributed by atoms with E-state index in [0.717, 1.165) is 39.7 Å². The van der Waals surface area contributed by atoms with E-state index in [2.05, 4.69) is 10.3 Å². The van der Waals surface area contributed by atoms with Crippen molar-refractivity contribution in [3.63, 3.8) is 0 Å². The van der Waals surface area contributed by atoms with E-state index in [9.17, 15) is 33.6 Å². The first-order valence-corrected chi connectivity index (χ1v) is 13.4. The van der Waals surface area contributed by atoms with Crippen LogP contribution in [0.15, 0.2) is 42.6 Å². The minimum Gasteiger partial charge on any atom is -0.394 e. The van der Waals surface area contributed by atoms with Crippen molar-refractivity contribution in [1.29, 1.82) is 0 Å². The topological polar surface area (TPSA) is 121 Å². The molecule has 0 spiro atoms. The number of halogens is 3. The number of hydrogen-bond acceptors (Lipinski definition) is 8. The number of nitrogens with zero attached hydrogens (tertiary/aromatic N) is 3. The summed E-state index contributed by atoms with van der Waals surface area (Å²) in [6.07, 6.45) is -2.69. The number of aromatic nitrogens is 3. The average molecular weight is 568 g/mol. The number of hydrogen-bond donors (Lipinski definition) is 4. The predicted molar refractivity (Wildman–Crippen MR) is 139 cm³/mol. The van der Waals surface area contributed by atoms with E-state index in [1.165, 1.54) is 6.20 Å². The zero-order valence-electron chi connectivity index (χ0n) is 21.9. The molecule has 1 aromatic heterocycles. The molecule has 4 rings (SSSR count). The molecule has 1 unspecified atom stereocenters. The van der Waals surface area contributed by atoms with E-state index in [1.807, 2.05) is 38.1 Å². The molecule has 0 aliphatic carbocycles. The second-order valence-corrected chi connectivity index (χ2v) is 11.7. The lowest BCUT2D eigenvalue weighted by Crippen LogP contribution is -2.55. The van der Waals surface area contributed by atoms with Crippen LogP contribution in [0.4, 0.5) is 13.2 Å². The summed E-state index contributed by atoms with van der Waals surface area (Å²) in [6, 6.07) is 8.00. The van der Waals surface area contributed by atoms with Gasteiger partial charge in [0.2, 0.25) is 0 Å². The van der Waals surface area contributed by atoms with Crippen molar-refractivity contribution in [3.05, 3.63) is 71.2 Å². The highest BCUT2D eigenvalue weighted by molar-refractivity contribution is 8.00. The van der Waals surface area contributed by atoms with Crippen molar-refractivity contribution in [1.82, 2.24) is 15.0 Å². The standard InChI is InChI=1S/C27H32F3N3O5S/c1-13(2)15-7-5-6-8-16(15)25(27(3,4)37)39-26-24(36)22(23(35)20(12-34)38-26)33-11-19(31-32-33)14-9-17(28)21(30)18(29)10-14/h5-11,13,20,22-26,34-37H,12H2,1-4H3/t20-,22+,23+,24-,25?,26+/m1/s1. The van der Waals surface area contributed by atoms with Gasteiger partial charge >= 0.3 is 0 Å². The molecule has 6 atom stereocenters. The Morgan fingerprint density at radius 1 is 1.05 bits per heavy atom. The van der Waals surface area contributed by atoms with Crippen LogP contribution in [0.3, 0.4) is 0 Å². The molecule has 4 N–H and O–H groups in total. The zero-order valence-corrected chi connectivity index (χ0v) is 22.7. The first kappa shape index (κ1) is 29.5. The lowest BCUT2D eigenvalue weighted by molar-refractivity contribution is -0.179. The summed E-state index contributed by atoms with van der Waals surface area (Å²) < 4.78 is 48.0. The first-order valence-electron chi connectivity index (χ1n) is 12.5. The number of benzene rings is 2. The summed E-state index contributed by atoms with van der Waals surface area (Å²) in [7, 11) is 0. The fourth-order valence-electron chi connectivity index (χ4n) is 4.78. The molecule has 0 saturated carbocycles. The van der Waals surface area contributed by atoms with Gasteiger partial charge in [0.1, 0.15) is 35.5 Å². The second kappa shape index (κ2) is 11.6. The van der Waals surface area contributed by atoms with Crippen LogP contribution in [-0.4, -0.2) is 71.4 Å². The molecule has 0 radical (unpaired) electrons. The van der Waals surface area contributed by atoms with Crippen LogP contribution in [-0.2, 0) is 4.74 Å². The number of ether oxygens (including phenoxy) is 1. The van der Waals surface area contributed by atoms with E-state index in [0.29, 0.717) is 0 Å². The maximum absolute atomic E-state index is 13.8. The molecule has 2 heterocycles.